The fourth-order valence-electron chi connectivity index (χ4n) is 1.82. The number of nitrogens with zero attached hydrogens (tertiary/aromatic N) is 2. The Balaban J connectivity index is 2.58. The van der Waals surface area contributed by atoms with Crippen molar-refractivity contribution in [1.82, 2.24) is 10.2 Å². The van der Waals surface area contributed by atoms with Gasteiger partial charge in [-0.1, -0.05) is 0 Å². The summed E-state index contributed by atoms with van der Waals surface area (Å²) < 4.78 is 11.4. The van der Waals surface area contributed by atoms with Crippen LogP contribution < -0.4 is 0 Å². The normalized spacial score (nSPS) is 16.7. The number of hydrogen-bond acceptors (Lipinski definition) is 4. The van der Waals surface area contributed by atoms with E-state index in [1.54, 1.807) is 18.0 Å². The molecule has 1 heterocycles. The summed E-state index contributed by atoms with van der Waals surface area (Å²) in [6.45, 7) is 0. The Kier molecular flexibility index (Phi) is 2.88. The van der Waals surface area contributed by atoms with Crippen LogP contribution in [0.25, 0.3) is 0 Å². The smallest absolute Gasteiger partial charge is 0.153 e. The van der Waals surface area contributed by atoms with Crippen LogP contribution in [0.5, 0.6) is 0 Å². The minimum atomic E-state index is -1.00. The average molecular weight is 228 g/mol. The molecule has 76 valence electrons. The van der Waals surface area contributed by atoms with Gasteiger partial charge < -0.3 is 0 Å². The van der Waals surface area contributed by atoms with Crippen molar-refractivity contribution < 1.29 is 4.21 Å². The van der Waals surface area contributed by atoms with Crippen LogP contribution in [0.2, 0.25) is 0 Å². The average Bonchev–Trinajstić information content (AvgIpc) is 2.64. The predicted octanol–water partition coefficient (Wildman–Crippen LogP) is 1.42. The van der Waals surface area contributed by atoms with Crippen molar-refractivity contribution in [2.75, 3.05) is 12.5 Å². The van der Waals surface area contributed by atoms with Crippen LogP contribution in [0.15, 0.2) is 10.1 Å². The quantitative estimate of drug-likeness (QED) is 0.718. The van der Waals surface area contributed by atoms with Crippen LogP contribution in [0.3, 0.4) is 0 Å². The topological polar surface area (TPSA) is 42.9 Å². The Morgan fingerprint density at radius 3 is 2.64 bits per heavy atom. The van der Waals surface area contributed by atoms with Gasteiger partial charge in [-0.15, -0.1) is 22.0 Å². The van der Waals surface area contributed by atoms with E-state index >= 15 is 0 Å². The molecule has 0 aliphatic heterocycles. The summed E-state index contributed by atoms with van der Waals surface area (Å²) in [5.41, 5.74) is 2.46. The van der Waals surface area contributed by atoms with E-state index in [0.29, 0.717) is 5.03 Å². The zero-order valence-corrected chi connectivity index (χ0v) is 9.87. The van der Waals surface area contributed by atoms with Gasteiger partial charge in [0.25, 0.3) is 0 Å². The largest absolute Gasteiger partial charge is 0.253 e. The standard InChI is InChI=1S/C9H12N2OS2/c1-13-8-6-4-3-5-7(6)9(11-10-8)14(2)12/h3-5H2,1-2H3. The lowest BCUT2D eigenvalue weighted by Gasteiger charge is -2.06. The van der Waals surface area contributed by atoms with Crippen molar-refractivity contribution in [3.05, 3.63) is 11.1 Å². The van der Waals surface area contributed by atoms with Gasteiger partial charge in [-0.25, -0.2) is 0 Å². The first kappa shape index (κ1) is 10.1. The molecule has 2 rings (SSSR count). The number of rotatable bonds is 2. The molecule has 1 aromatic rings. The van der Waals surface area contributed by atoms with Gasteiger partial charge in [0.05, 0.1) is 10.8 Å². The molecule has 0 aromatic carbocycles. The maximum Gasteiger partial charge on any atom is 0.153 e. The molecule has 0 bridgehead atoms. The monoisotopic (exact) mass is 228 g/mol. The number of aromatic nitrogens is 2. The Morgan fingerprint density at radius 1 is 1.29 bits per heavy atom. The summed E-state index contributed by atoms with van der Waals surface area (Å²) in [5, 5.41) is 9.86. The van der Waals surface area contributed by atoms with Gasteiger partial charge in [0, 0.05) is 6.26 Å². The molecular weight excluding hydrogens is 216 g/mol. The predicted molar refractivity (Wildman–Crippen MR) is 58.2 cm³/mol. The first-order valence-corrected chi connectivity index (χ1v) is 7.28. The molecule has 0 amide bonds. The van der Waals surface area contributed by atoms with Crippen molar-refractivity contribution in [2.45, 2.75) is 29.3 Å². The second-order valence-corrected chi connectivity index (χ2v) is 5.37. The number of fused-ring (bicyclic) bond motifs is 1. The summed E-state index contributed by atoms with van der Waals surface area (Å²) in [4.78, 5) is 0. The van der Waals surface area contributed by atoms with Gasteiger partial charge in [-0.05, 0) is 36.6 Å². The lowest BCUT2D eigenvalue weighted by Crippen LogP contribution is -2.03. The molecule has 0 N–H and O–H groups in total. The summed E-state index contributed by atoms with van der Waals surface area (Å²) in [6, 6.07) is 0. The highest BCUT2D eigenvalue weighted by molar-refractivity contribution is 7.98. The minimum absolute atomic E-state index is 0.690. The van der Waals surface area contributed by atoms with E-state index in [1.165, 1.54) is 11.1 Å². The summed E-state index contributed by atoms with van der Waals surface area (Å²) >= 11 is 1.62. The molecule has 0 spiro atoms. The maximum absolute atomic E-state index is 11.4. The van der Waals surface area contributed by atoms with E-state index in [9.17, 15) is 4.21 Å². The molecule has 1 atom stereocenters. The van der Waals surface area contributed by atoms with Gasteiger partial charge in [0.2, 0.25) is 0 Å². The second-order valence-electron chi connectivity index (χ2n) is 3.28. The Bertz CT molecular complexity index is 393. The Hall–Kier alpha value is -0.420. The SMILES string of the molecule is CSc1nnc(S(C)=O)c2c1CCC2. The molecule has 3 nitrogen and oxygen atoms in total. The van der Waals surface area contributed by atoms with E-state index < -0.39 is 10.8 Å². The zero-order chi connectivity index (χ0) is 10.1. The van der Waals surface area contributed by atoms with Crippen LogP contribution in [0.1, 0.15) is 17.5 Å². The first-order valence-electron chi connectivity index (χ1n) is 4.50. The molecule has 5 heteroatoms. The van der Waals surface area contributed by atoms with Crippen molar-refractivity contribution in [3.8, 4) is 0 Å². The third-order valence-electron chi connectivity index (χ3n) is 2.43. The van der Waals surface area contributed by atoms with Crippen molar-refractivity contribution in [1.29, 1.82) is 0 Å². The van der Waals surface area contributed by atoms with E-state index in [-0.39, 0.29) is 0 Å². The third-order valence-corrected chi connectivity index (χ3v) is 4.02. The molecule has 1 aliphatic carbocycles. The van der Waals surface area contributed by atoms with Gasteiger partial charge in [0.15, 0.2) is 5.03 Å². The molecule has 1 aliphatic rings. The highest BCUT2D eigenvalue weighted by Gasteiger charge is 2.22. The molecule has 0 radical (unpaired) electrons. The summed E-state index contributed by atoms with van der Waals surface area (Å²) in [7, 11) is -1.00. The molecular formula is C9H12N2OS2. The Labute approximate surface area is 90.2 Å². The fraction of sp³-hybridized carbons (Fsp3) is 0.556. The van der Waals surface area contributed by atoms with Crippen molar-refractivity contribution >= 4 is 22.6 Å². The van der Waals surface area contributed by atoms with Crippen molar-refractivity contribution in [2.24, 2.45) is 0 Å². The fourth-order valence-corrected chi connectivity index (χ4v) is 3.14. The summed E-state index contributed by atoms with van der Waals surface area (Å²) in [6.07, 6.45) is 6.88. The molecule has 14 heavy (non-hydrogen) atoms. The van der Waals surface area contributed by atoms with Crippen LogP contribution in [-0.2, 0) is 23.6 Å². The van der Waals surface area contributed by atoms with E-state index in [4.69, 9.17) is 0 Å². The van der Waals surface area contributed by atoms with Crippen LogP contribution in [0, 0.1) is 0 Å². The first-order chi connectivity index (χ1) is 6.74. The highest BCUT2D eigenvalue weighted by Crippen LogP contribution is 2.31. The molecule has 1 aromatic heterocycles. The maximum atomic E-state index is 11.4. The highest BCUT2D eigenvalue weighted by atomic mass is 32.2. The second kappa shape index (κ2) is 3.98. The number of thioether (sulfide) groups is 1. The minimum Gasteiger partial charge on any atom is -0.253 e. The van der Waals surface area contributed by atoms with Crippen molar-refractivity contribution in [3.63, 3.8) is 0 Å². The van der Waals surface area contributed by atoms with Gasteiger partial charge in [0.1, 0.15) is 5.03 Å². The third kappa shape index (κ3) is 1.59. The number of hydrogen-bond donors (Lipinski definition) is 0. The van der Waals surface area contributed by atoms with E-state index in [1.807, 2.05) is 6.26 Å². The van der Waals surface area contributed by atoms with E-state index in [0.717, 1.165) is 24.3 Å². The lowest BCUT2D eigenvalue weighted by atomic mass is 10.2. The van der Waals surface area contributed by atoms with Crippen LogP contribution >= 0.6 is 11.8 Å². The van der Waals surface area contributed by atoms with Crippen LogP contribution in [-0.4, -0.2) is 26.9 Å². The molecule has 0 fully saturated rings. The molecule has 1 unspecified atom stereocenters. The van der Waals surface area contributed by atoms with Crippen LogP contribution in [0.4, 0.5) is 0 Å². The van der Waals surface area contributed by atoms with Gasteiger partial charge in [-0.2, -0.15) is 0 Å². The Morgan fingerprint density at radius 2 is 2.00 bits per heavy atom. The van der Waals surface area contributed by atoms with E-state index in [2.05, 4.69) is 10.2 Å². The lowest BCUT2D eigenvalue weighted by molar-refractivity contribution is 0.677. The molecule has 0 saturated carbocycles. The molecule has 0 saturated heterocycles. The zero-order valence-electron chi connectivity index (χ0n) is 8.24. The summed E-state index contributed by atoms with van der Waals surface area (Å²) in [5.74, 6) is 0. The van der Waals surface area contributed by atoms with Gasteiger partial charge >= 0.3 is 0 Å². The van der Waals surface area contributed by atoms with Gasteiger partial charge in [-0.3, -0.25) is 4.21 Å².